The topological polar surface area (TPSA) is 73.7 Å². The summed E-state index contributed by atoms with van der Waals surface area (Å²) in [6, 6.07) is 3.76. The molecule has 1 aromatic carbocycles. The number of hydrogen-bond acceptors (Lipinski definition) is 4. The van der Waals surface area contributed by atoms with E-state index in [4.69, 9.17) is 5.11 Å². The predicted molar refractivity (Wildman–Crippen MR) is 71.1 cm³/mol. The number of aliphatic imine (C=N–C) groups is 1. The predicted octanol–water partition coefficient (Wildman–Crippen LogP) is 1.45. The molecule has 1 atom stereocenters. The van der Waals surface area contributed by atoms with Crippen LogP contribution in [-0.2, 0) is 4.79 Å². The summed E-state index contributed by atoms with van der Waals surface area (Å²) in [7, 11) is 0. The van der Waals surface area contributed by atoms with E-state index in [0.717, 1.165) is 19.5 Å². The lowest BCUT2D eigenvalue weighted by Crippen LogP contribution is -2.30. The summed E-state index contributed by atoms with van der Waals surface area (Å²) in [6.07, 6.45) is 0.974. The number of amidine groups is 1. The van der Waals surface area contributed by atoms with Crippen LogP contribution in [0, 0.1) is 5.82 Å². The van der Waals surface area contributed by atoms with Gasteiger partial charge in [0.05, 0.1) is 5.69 Å². The summed E-state index contributed by atoms with van der Waals surface area (Å²) < 4.78 is 13.9. The second-order valence-corrected chi connectivity index (χ2v) is 4.41. The molecular weight excluding hydrogens is 249 g/mol. The third-order valence-electron chi connectivity index (χ3n) is 2.88. The maximum absolute atomic E-state index is 13.9. The van der Waals surface area contributed by atoms with Crippen LogP contribution in [0.15, 0.2) is 23.2 Å². The van der Waals surface area contributed by atoms with Crippen molar-refractivity contribution in [3.8, 4) is 0 Å². The Balaban J connectivity index is 2.17. The maximum Gasteiger partial charge on any atom is 0.325 e. The Hall–Kier alpha value is -2.11. The summed E-state index contributed by atoms with van der Waals surface area (Å²) in [5.74, 6) is -0.828. The molecule has 5 nitrogen and oxygen atoms in total. The highest BCUT2D eigenvalue weighted by Gasteiger charge is 2.14. The highest BCUT2D eigenvalue weighted by atomic mass is 19.1. The van der Waals surface area contributed by atoms with Crippen LogP contribution in [0.25, 0.3) is 0 Å². The van der Waals surface area contributed by atoms with Crippen molar-refractivity contribution in [1.82, 2.24) is 5.32 Å². The molecular formula is C13H16FN3O2. The van der Waals surface area contributed by atoms with Gasteiger partial charge < -0.3 is 15.7 Å². The molecule has 0 saturated heterocycles. The lowest BCUT2D eigenvalue weighted by atomic mass is 10.1. The monoisotopic (exact) mass is 265 g/mol. The maximum atomic E-state index is 13.9. The second kappa shape index (κ2) is 5.69. The molecule has 19 heavy (non-hydrogen) atoms. The van der Waals surface area contributed by atoms with E-state index in [1.54, 1.807) is 6.07 Å². The van der Waals surface area contributed by atoms with Gasteiger partial charge in [0, 0.05) is 18.7 Å². The van der Waals surface area contributed by atoms with Crippen LogP contribution in [-0.4, -0.2) is 36.0 Å². The van der Waals surface area contributed by atoms with Crippen molar-refractivity contribution in [1.29, 1.82) is 0 Å². The third-order valence-corrected chi connectivity index (χ3v) is 2.88. The first-order chi connectivity index (χ1) is 9.08. The van der Waals surface area contributed by atoms with Gasteiger partial charge >= 0.3 is 5.97 Å². The molecule has 0 radical (unpaired) electrons. The summed E-state index contributed by atoms with van der Waals surface area (Å²) >= 11 is 0. The number of rotatable bonds is 4. The van der Waals surface area contributed by atoms with Crippen molar-refractivity contribution in [3.63, 3.8) is 0 Å². The number of benzene rings is 1. The molecule has 0 amide bonds. The van der Waals surface area contributed by atoms with Gasteiger partial charge in [-0.15, -0.1) is 0 Å². The average Bonchev–Trinajstić information content (AvgIpc) is 2.41. The Morgan fingerprint density at radius 3 is 2.95 bits per heavy atom. The largest absolute Gasteiger partial charge is 0.480 e. The molecule has 0 fully saturated rings. The van der Waals surface area contributed by atoms with Gasteiger partial charge in [0.1, 0.15) is 17.7 Å². The van der Waals surface area contributed by atoms with E-state index < -0.39 is 17.8 Å². The van der Waals surface area contributed by atoms with Gasteiger partial charge in [-0.05, 0) is 31.5 Å². The summed E-state index contributed by atoms with van der Waals surface area (Å²) in [5, 5.41) is 14.5. The second-order valence-electron chi connectivity index (χ2n) is 4.41. The van der Waals surface area contributed by atoms with E-state index in [1.807, 2.05) is 0 Å². The van der Waals surface area contributed by atoms with Crippen LogP contribution in [0.2, 0.25) is 0 Å². The van der Waals surface area contributed by atoms with Crippen LogP contribution in [0.4, 0.5) is 10.1 Å². The van der Waals surface area contributed by atoms with E-state index >= 15 is 0 Å². The molecule has 1 unspecified atom stereocenters. The lowest BCUT2D eigenvalue weighted by Gasteiger charge is -2.16. The quantitative estimate of drug-likeness (QED) is 0.770. The number of carboxylic acid groups (broad SMARTS) is 1. The fourth-order valence-electron chi connectivity index (χ4n) is 1.80. The van der Waals surface area contributed by atoms with Crippen LogP contribution < -0.4 is 10.6 Å². The first-order valence-electron chi connectivity index (χ1n) is 6.15. The van der Waals surface area contributed by atoms with Crippen molar-refractivity contribution >= 4 is 17.5 Å². The zero-order valence-corrected chi connectivity index (χ0v) is 10.6. The Kier molecular flexibility index (Phi) is 3.99. The molecule has 0 spiro atoms. The number of aliphatic carboxylic acids is 1. The van der Waals surface area contributed by atoms with Crippen molar-refractivity contribution < 1.29 is 14.3 Å². The average molecular weight is 265 g/mol. The zero-order valence-electron chi connectivity index (χ0n) is 10.6. The van der Waals surface area contributed by atoms with Crippen molar-refractivity contribution in [3.05, 3.63) is 29.6 Å². The van der Waals surface area contributed by atoms with Gasteiger partial charge in [-0.1, -0.05) is 0 Å². The molecule has 0 aliphatic carbocycles. The van der Waals surface area contributed by atoms with Crippen LogP contribution >= 0.6 is 0 Å². The van der Waals surface area contributed by atoms with Crippen molar-refractivity contribution in [2.24, 2.45) is 4.99 Å². The van der Waals surface area contributed by atoms with Gasteiger partial charge in [-0.25, -0.2) is 4.39 Å². The summed E-state index contributed by atoms with van der Waals surface area (Å²) in [6.45, 7) is 3.03. The van der Waals surface area contributed by atoms with E-state index in [1.165, 1.54) is 19.1 Å². The molecule has 1 aliphatic heterocycles. The normalized spacial score (nSPS) is 16.2. The number of anilines is 1. The highest BCUT2D eigenvalue weighted by Crippen LogP contribution is 2.17. The number of hydrogen-bond donors (Lipinski definition) is 3. The Bertz CT molecular complexity index is 517. The minimum absolute atomic E-state index is 0.176. The van der Waals surface area contributed by atoms with Crippen LogP contribution in [0.3, 0.4) is 0 Å². The van der Waals surface area contributed by atoms with Crippen LogP contribution in [0.5, 0.6) is 0 Å². The molecule has 0 saturated carbocycles. The first-order valence-corrected chi connectivity index (χ1v) is 6.15. The third kappa shape index (κ3) is 3.21. The van der Waals surface area contributed by atoms with Gasteiger partial charge in [-0.2, -0.15) is 0 Å². The summed E-state index contributed by atoms with van der Waals surface area (Å²) in [5.41, 5.74) is 0.848. The zero-order chi connectivity index (χ0) is 13.8. The fourth-order valence-corrected chi connectivity index (χ4v) is 1.80. The van der Waals surface area contributed by atoms with Crippen molar-refractivity contribution in [2.45, 2.75) is 19.4 Å². The fraction of sp³-hybridized carbons (Fsp3) is 0.385. The standard InChI is InChI=1S/C13H16FN3O2/c1-8(13(18)19)17-11-4-3-9(7-10(11)14)12-15-5-2-6-16-12/h3-4,7-8,17H,2,5-6H2,1H3,(H,15,16)(H,18,19). The SMILES string of the molecule is CC(Nc1ccc(C2=NCCCN2)cc1F)C(=O)O. The van der Waals surface area contributed by atoms with Crippen LogP contribution in [0.1, 0.15) is 18.9 Å². The Morgan fingerprint density at radius 2 is 2.37 bits per heavy atom. The molecule has 1 aromatic rings. The molecule has 0 bridgehead atoms. The molecule has 3 N–H and O–H groups in total. The van der Waals surface area contributed by atoms with E-state index in [-0.39, 0.29) is 5.69 Å². The molecule has 1 heterocycles. The lowest BCUT2D eigenvalue weighted by molar-refractivity contribution is -0.137. The van der Waals surface area contributed by atoms with Crippen molar-refractivity contribution in [2.75, 3.05) is 18.4 Å². The van der Waals surface area contributed by atoms with E-state index in [0.29, 0.717) is 11.4 Å². The molecule has 102 valence electrons. The number of carbonyl (C=O) groups is 1. The number of halogens is 1. The van der Waals surface area contributed by atoms with E-state index in [2.05, 4.69) is 15.6 Å². The Morgan fingerprint density at radius 1 is 1.58 bits per heavy atom. The minimum Gasteiger partial charge on any atom is -0.480 e. The van der Waals surface area contributed by atoms with E-state index in [9.17, 15) is 9.18 Å². The molecule has 1 aliphatic rings. The summed E-state index contributed by atoms with van der Waals surface area (Å²) in [4.78, 5) is 15.0. The number of nitrogens with zero attached hydrogens (tertiary/aromatic N) is 1. The number of carboxylic acids is 1. The highest BCUT2D eigenvalue weighted by molar-refractivity contribution is 5.99. The number of nitrogens with one attached hydrogen (secondary N) is 2. The van der Waals surface area contributed by atoms with Gasteiger partial charge in [0.15, 0.2) is 0 Å². The first kappa shape index (κ1) is 13.3. The van der Waals surface area contributed by atoms with Gasteiger partial charge in [-0.3, -0.25) is 9.79 Å². The van der Waals surface area contributed by atoms with Gasteiger partial charge in [0.2, 0.25) is 0 Å². The molecule has 2 rings (SSSR count). The molecule has 0 aromatic heterocycles. The Labute approximate surface area is 110 Å². The molecule has 6 heteroatoms. The smallest absolute Gasteiger partial charge is 0.325 e. The van der Waals surface area contributed by atoms with Gasteiger partial charge in [0.25, 0.3) is 0 Å². The minimum atomic E-state index is -1.03.